The third kappa shape index (κ3) is 3.71. The van der Waals surface area contributed by atoms with Crippen molar-refractivity contribution < 1.29 is 9.90 Å². The lowest BCUT2D eigenvalue weighted by Gasteiger charge is -2.28. The molecule has 0 aliphatic carbocycles. The van der Waals surface area contributed by atoms with Crippen molar-refractivity contribution in [1.82, 2.24) is 10.2 Å². The summed E-state index contributed by atoms with van der Waals surface area (Å²) in [5.41, 5.74) is 1.03. The van der Waals surface area contributed by atoms with E-state index >= 15 is 0 Å². The largest absolute Gasteiger partial charge is 0.480 e. The van der Waals surface area contributed by atoms with Gasteiger partial charge >= 0.3 is 5.97 Å². The predicted octanol–water partition coefficient (Wildman–Crippen LogP) is 1.47. The first kappa shape index (κ1) is 13.4. The Hall–Kier alpha value is -1.62. The minimum atomic E-state index is -0.890. The number of thiocarbonyl (C=S) groups is 1. The molecule has 92 valence electrons. The van der Waals surface area contributed by atoms with E-state index in [2.05, 4.69) is 5.32 Å². The van der Waals surface area contributed by atoms with E-state index in [-0.39, 0.29) is 0 Å². The van der Waals surface area contributed by atoms with Crippen LogP contribution in [0.5, 0.6) is 0 Å². The molecule has 0 spiro atoms. The number of carboxylic acids is 1. The number of rotatable bonds is 4. The molecule has 1 atom stereocenters. The lowest BCUT2D eigenvalue weighted by molar-refractivity contribution is -0.141. The molecule has 0 aliphatic heterocycles. The smallest absolute Gasteiger partial charge is 0.326 e. The van der Waals surface area contributed by atoms with Gasteiger partial charge < -0.3 is 15.3 Å². The van der Waals surface area contributed by atoms with Crippen LogP contribution in [0, 0.1) is 0 Å². The molecule has 17 heavy (non-hydrogen) atoms. The Morgan fingerprint density at radius 1 is 1.47 bits per heavy atom. The van der Waals surface area contributed by atoms with Crippen molar-refractivity contribution in [3.63, 3.8) is 0 Å². The second-order valence-electron chi connectivity index (χ2n) is 3.68. The summed E-state index contributed by atoms with van der Waals surface area (Å²) in [4.78, 5) is 12.7. The van der Waals surface area contributed by atoms with E-state index in [1.54, 1.807) is 18.9 Å². The quantitative estimate of drug-likeness (QED) is 0.795. The highest BCUT2D eigenvalue weighted by molar-refractivity contribution is 7.80. The van der Waals surface area contributed by atoms with Gasteiger partial charge in [-0.3, -0.25) is 0 Å². The van der Waals surface area contributed by atoms with Gasteiger partial charge in [0.15, 0.2) is 5.11 Å². The van der Waals surface area contributed by atoms with Crippen LogP contribution < -0.4 is 5.32 Å². The zero-order valence-electron chi connectivity index (χ0n) is 9.88. The molecule has 5 heteroatoms. The predicted molar refractivity (Wildman–Crippen MR) is 70.7 cm³/mol. The van der Waals surface area contributed by atoms with Crippen LogP contribution in [0.1, 0.15) is 12.5 Å². The summed E-state index contributed by atoms with van der Waals surface area (Å²) in [5.74, 6) is -0.890. The summed E-state index contributed by atoms with van der Waals surface area (Å²) in [6.45, 7) is 2.10. The fourth-order valence-corrected chi connectivity index (χ4v) is 1.66. The Morgan fingerprint density at radius 2 is 2.06 bits per heavy atom. The average Bonchev–Trinajstić information content (AvgIpc) is 2.35. The molecule has 1 rings (SSSR count). The van der Waals surface area contributed by atoms with Gasteiger partial charge in [-0.1, -0.05) is 30.3 Å². The summed E-state index contributed by atoms with van der Waals surface area (Å²) < 4.78 is 0. The molecule has 2 N–H and O–H groups in total. The molecule has 0 radical (unpaired) electrons. The second kappa shape index (κ2) is 6.20. The van der Waals surface area contributed by atoms with Gasteiger partial charge in [0, 0.05) is 13.6 Å². The van der Waals surface area contributed by atoms with Crippen LogP contribution in [0.2, 0.25) is 0 Å². The summed E-state index contributed by atoms with van der Waals surface area (Å²) in [6, 6.07) is 8.99. The summed E-state index contributed by atoms with van der Waals surface area (Å²) in [6.07, 6.45) is 0. The number of nitrogens with zero attached hydrogens (tertiary/aromatic N) is 1. The molecular weight excluding hydrogens is 236 g/mol. The van der Waals surface area contributed by atoms with Crippen LogP contribution in [0.25, 0.3) is 0 Å². The molecule has 0 saturated carbocycles. The number of hydrogen-bond donors (Lipinski definition) is 2. The molecule has 0 aliphatic rings. The third-order valence-corrected chi connectivity index (χ3v) is 2.93. The topological polar surface area (TPSA) is 52.6 Å². The Balaban J connectivity index is 2.85. The lowest BCUT2D eigenvalue weighted by Crippen LogP contribution is -2.46. The van der Waals surface area contributed by atoms with E-state index in [0.717, 1.165) is 5.56 Å². The molecule has 0 heterocycles. The van der Waals surface area contributed by atoms with Gasteiger partial charge in [0.25, 0.3) is 0 Å². The van der Waals surface area contributed by atoms with Gasteiger partial charge in [-0.15, -0.1) is 0 Å². The second-order valence-corrected chi connectivity index (χ2v) is 4.07. The van der Waals surface area contributed by atoms with Crippen LogP contribution in [0.4, 0.5) is 0 Å². The van der Waals surface area contributed by atoms with Gasteiger partial charge in [-0.2, -0.15) is 0 Å². The maximum absolute atomic E-state index is 11.0. The molecule has 0 amide bonds. The van der Waals surface area contributed by atoms with Crippen LogP contribution in [0.15, 0.2) is 30.3 Å². The Bertz CT molecular complexity index is 395. The number of aliphatic carboxylic acids is 1. The molecule has 0 fully saturated rings. The molecule has 0 bridgehead atoms. The first-order valence-corrected chi connectivity index (χ1v) is 5.72. The SMILES string of the molecule is CNC(=S)N(Cc1ccccc1)C(C)C(=O)O. The Kier molecular flexibility index (Phi) is 4.90. The lowest BCUT2D eigenvalue weighted by atomic mass is 10.2. The zero-order valence-corrected chi connectivity index (χ0v) is 10.7. The van der Waals surface area contributed by atoms with Gasteiger partial charge in [-0.05, 0) is 24.7 Å². The van der Waals surface area contributed by atoms with E-state index in [4.69, 9.17) is 17.3 Å². The molecular formula is C12H16N2O2S. The van der Waals surface area contributed by atoms with E-state index in [1.807, 2.05) is 30.3 Å². The maximum Gasteiger partial charge on any atom is 0.326 e. The van der Waals surface area contributed by atoms with E-state index < -0.39 is 12.0 Å². The van der Waals surface area contributed by atoms with E-state index in [1.165, 1.54) is 0 Å². The van der Waals surface area contributed by atoms with Crippen molar-refractivity contribution >= 4 is 23.3 Å². The number of benzene rings is 1. The third-order valence-electron chi connectivity index (χ3n) is 2.50. The van der Waals surface area contributed by atoms with Crippen LogP contribution in [0.3, 0.4) is 0 Å². The maximum atomic E-state index is 11.0. The molecule has 4 nitrogen and oxygen atoms in total. The molecule has 0 aromatic heterocycles. The van der Waals surface area contributed by atoms with E-state index in [0.29, 0.717) is 11.7 Å². The Labute approximate surface area is 106 Å². The van der Waals surface area contributed by atoms with Gasteiger partial charge in [-0.25, -0.2) is 4.79 Å². The Morgan fingerprint density at radius 3 is 2.53 bits per heavy atom. The number of carbonyl (C=O) groups is 1. The van der Waals surface area contributed by atoms with Crippen molar-refractivity contribution in [3.8, 4) is 0 Å². The fraction of sp³-hybridized carbons (Fsp3) is 0.333. The summed E-state index contributed by atoms with van der Waals surface area (Å²) >= 11 is 5.12. The van der Waals surface area contributed by atoms with E-state index in [9.17, 15) is 4.79 Å². The fourth-order valence-electron chi connectivity index (χ4n) is 1.44. The van der Waals surface area contributed by atoms with Gasteiger partial charge in [0.05, 0.1) is 0 Å². The molecule has 1 aromatic carbocycles. The number of hydrogen-bond acceptors (Lipinski definition) is 2. The van der Waals surface area contributed by atoms with Crippen molar-refractivity contribution in [2.75, 3.05) is 7.05 Å². The molecule has 1 unspecified atom stereocenters. The highest BCUT2D eigenvalue weighted by Crippen LogP contribution is 2.09. The minimum absolute atomic E-state index is 0.434. The van der Waals surface area contributed by atoms with Crippen molar-refractivity contribution in [3.05, 3.63) is 35.9 Å². The zero-order chi connectivity index (χ0) is 12.8. The van der Waals surface area contributed by atoms with Crippen LogP contribution in [-0.2, 0) is 11.3 Å². The van der Waals surface area contributed by atoms with Gasteiger partial charge in [0.1, 0.15) is 6.04 Å². The molecule has 1 aromatic rings. The number of nitrogens with one attached hydrogen (secondary N) is 1. The summed E-state index contributed by atoms with van der Waals surface area (Å²) in [5, 5.41) is 12.3. The minimum Gasteiger partial charge on any atom is -0.480 e. The first-order chi connectivity index (χ1) is 8.06. The standard InChI is InChI=1S/C12H16N2O2S/c1-9(11(15)16)14(12(17)13-2)8-10-6-4-3-5-7-10/h3-7,9H,8H2,1-2H3,(H,13,17)(H,15,16). The molecule has 0 saturated heterocycles. The van der Waals surface area contributed by atoms with Crippen molar-refractivity contribution in [1.29, 1.82) is 0 Å². The van der Waals surface area contributed by atoms with Crippen molar-refractivity contribution in [2.45, 2.75) is 19.5 Å². The highest BCUT2D eigenvalue weighted by atomic mass is 32.1. The normalized spacial score (nSPS) is 11.6. The van der Waals surface area contributed by atoms with Crippen LogP contribution in [-0.4, -0.2) is 34.2 Å². The summed E-state index contributed by atoms with van der Waals surface area (Å²) in [7, 11) is 1.69. The average molecular weight is 252 g/mol. The van der Waals surface area contributed by atoms with Crippen LogP contribution >= 0.6 is 12.2 Å². The monoisotopic (exact) mass is 252 g/mol. The number of carboxylic acid groups (broad SMARTS) is 1. The first-order valence-electron chi connectivity index (χ1n) is 5.31. The highest BCUT2D eigenvalue weighted by Gasteiger charge is 2.22. The van der Waals surface area contributed by atoms with Gasteiger partial charge in [0.2, 0.25) is 0 Å². The van der Waals surface area contributed by atoms with Crippen molar-refractivity contribution in [2.24, 2.45) is 0 Å².